The highest BCUT2D eigenvalue weighted by Crippen LogP contribution is 2.60. The highest BCUT2D eigenvalue weighted by atomic mass is 19.1. The molecule has 202 valence electrons. The van der Waals surface area contributed by atoms with Gasteiger partial charge in [0.15, 0.2) is 0 Å². The number of amides is 1. The zero-order valence-electron chi connectivity index (χ0n) is 22.1. The smallest absolute Gasteiger partial charge is 0.268 e. The quantitative estimate of drug-likeness (QED) is 0.459. The molecule has 1 aliphatic heterocycles. The van der Waals surface area contributed by atoms with Crippen LogP contribution in [-0.4, -0.2) is 64.2 Å². The van der Waals surface area contributed by atoms with Gasteiger partial charge in [-0.15, -0.1) is 0 Å². The summed E-state index contributed by atoms with van der Waals surface area (Å²) in [6, 6.07) is 7.73. The van der Waals surface area contributed by atoms with Crippen molar-refractivity contribution in [2.24, 2.45) is 5.41 Å². The minimum absolute atomic E-state index is 0.0347. The molecule has 8 nitrogen and oxygen atoms in total. The van der Waals surface area contributed by atoms with Crippen molar-refractivity contribution in [3.63, 3.8) is 0 Å². The Labute approximate surface area is 221 Å². The summed E-state index contributed by atoms with van der Waals surface area (Å²) < 4.78 is 14.9. The maximum Gasteiger partial charge on any atom is 0.268 e. The highest BCUT2D eigenvalue weighted by molar-refractivity contribution is 6.02. The lowest BCUT2D eigenvalue weighted by atomic mass is 9.77. The van der Waals surface area contributed by atoms with E-state index in [1.807, 2.05) is 13.8 Å². The van der Waals surface area contributed by atoms with Crippen molar-refractivity contribution in [1.82, 2.24) is 25.1 Å². The van der Waals surface area contributed by atoms with Crippen LogP contribution < -0.4 is 16.2 Å². The second-order valence-corrected chi connectivity index (χ2v) is 10.5. The molecule has 3 fully saturated rings. The van der Waals surface area contributed by atoms with Gasteiger partial charge in [-0.05, 0) is 54.9 Å². The van der Waals surface area contributed by atoms with Gasteiger partial charge in [0.05, 0.1) is 5.39 Å². The number of carbonyl (C=O) groups is 1. The van der Waals surface area contributed by atoms with Gasteiger partial charge in [-0.1, -0.05) is 26.0 Å². The highest BCUT2D eigenvalue weighted by Gasteiger charge is 2.53. The SMILES string of the molecule is CC.O=C(NC1CC2(CC2)C1)c1c(O)c2cc(-c3ccc(F)cc3)cnc2n(CCN2CCNCC2)c1=O. The second kappa shape index (κ2) is 10.8. The number of carbonyl (C=O) groups excluding carboxylic acids is 1. The number of nitrogens with zero attached hydrogens (tertiary/aromatic N) is 3. The summed E-state index contributed by atoms with van der Waals surface area (Å²) in [5.41, 5.74) is 1.34. The van der Waals surface area contributed by atoms with E-state index in [9.17, 15) is 19.1 Å². The van der Waals surface area contributed by atoms with Crippen molar-refractivity contribution in [1.29, 1.82) is 0 Å². The van der Waals surface area contributed by atoms with E-state index in [-0.39, 0.29) is 23.2 Å². The van der Waals surface area contributed by atoms with Crippen LogP contribution >= 0.6 is 0 Å². The molecule has 2 aromatic heterocycles. The van der Waals surface area contributed by atoms with Gasteiger partial charge in [0, 0.05) is 57.1 Å². The van der Waals surface area contributed by atoms with Gasteiger partial charge in [0.2, 0.25) is 0 Å². The van der Waals surface area contributed by atoms with Gasteiger partial charge < -0.3 is 15.7 Å². The van der Waals surface area contributed by atoms with Crippen LogP contribution in [0.15, 0.2) is 41.3 Å². The summed E-state index contributed by atoms with van der Waals surface area (Å²) >= 11 is 0. The average Bonchev–Trinajstić information content (AvgIpc) is 3.72. The van der Waals surface area contributed by atoms with E-state index in [1.165, 1.54) is 29.5 Å². The minimum Gasteiger partial charge on any atom is -0.506 e. The molecule has 2 saturated carbocycles. The number of piperazine rings is 1. The normalized spacial score (nSPS) is 18.5. The Hall–Kier alpha value is -3.30. The van der Waals surface area contributed by atoms with Crippen LogP contribution in [0.5, 0.6) is 5.75 Å². The Balaban J connectivity index is 0.00000144. The molecular formula is C29H36FN5O3. The zero-order chi connectivity index (χ0) is 26.9. The van der Waals surface area contributed by atoms with Crippen molar-refractivity contribution in [2.75, 3.05) is 32.7 Å². The molecule has 3 aliphatic rings. The Bertz CT molecular complexity index is 1370. The molecule has 1 spiro atoms. The summed E-state index contributed by atoms with van der Waals surface area (Å²) in [5, 5.41) is 17.8. The molecule has 3 heterocycles. The second-order valence-electron chi connectivity index (χ2n) is 10.5. The van der Waals surface area contributed by atoms with Crippen LogP contribution in [-0.2, 0) is 6.54 Å². The summed E-state index contributed by atoms with van der Waals surface area (Å²) in [7, 11) is 0. The maximum absolute atomic E-state index is 13.6. The number of fused-ring (bicyclic) bond motifs is 1. The first-order valence-corrected chi connectivity index (χ1v) is 13.7. The molecule has 38 heavy (non-hydrogen) atoms. The van der Waals surface area contributed by atoms with Crippen molar-refractivity contribution in [2.45, 2.75) is 52.1 Å². The summed E-state index contributed by atoms with van der Waals surface area (Å²) in [6.07, 6.45) is 5.88. The third-order valence-electron chi connectivity index (χ3n) is 7.98. The molecule has 1 amide bonds. The number of pyridine rings is 2. The number of aromatic nitrogens is 2. The summed E-state index contributed by atoms with van der Waals surface area (Å²) in [4.78, 5) is 33.6. The molecule has 6 rings (SSSR count). The first-order chi connectivity index (χ1) is 18.4. The van der Waals surface area contributed by atoms with Crippen molar-refractivity contribution in [3.05, 3.63) is 58.3 Å². The van der Waals surface area contributed by atoms with E-state index in [0.717, 1.165) is 44.6 Å². The van der Waals surface area contributed by atoms with Gasteiger partial charge in [0.1, 0.15) is 22.8 Å². The summed E-state index contributed by atoms with van der Waals surface area (Å²) in [6.45, 7) is 8.52. The van der Waals surface area contributed by atoms with Crippen molar-refractivity contribution in [3.8, 4) is 16.9 Å². The van der Waals surface area contributed by atoms with Crippen LogP contribution in [0.2, 0.25) is 0 Å². The standard InChI is InChI=1S/C27H30FN5O3.C2H6/c28-19-3-1-17(2-4-19)18-13-21-23(34)22(25(35)31-20-14-27(15-20)5-6-27)26(36)33(24(21)30-16-18)12-11-32-9-7-29-8-10-32;1-2/h1-4,13,16,20,29,34H,5-12,14-15H2,(H,31,35);1-2H3. The topological polar surface area (TPSA) is 99.5 Å². The van der Waals surface area contributed by atoms with E-state index in [2.05, 4.69) is 20.5 Å². The number of hydrogen-bond acceptors (Lipinski definition) is 6. The van der Waals surface area contributed by atoms with Crippen LogP contribution in [0.25, 0.3) is 22.2 Å². The Morgan fingerprint density at radius 1 is 1.13 bits per heavy atom. The van der Waals surface area contributed by atoms with Gasteiger partial charge in [0.25, 0.3) is 11.5 Å². The first kappa shape index (κ1) is 26.3. The Morgan fingerprint density at radius 3 is 2.47 bits per heavy atom. The molecule has 1 aromatic carbocycles. The van der Waals surface area contributed by atoms with E-state index in [4.69, 9.17) is 0 Å². The van der Waals surface area contributed by atoms with Gasteiger partial charge in [-0.25, -0.2) is 9.37 Å². The fourth-order valence-corrected chi connectivity index (χ4v) is 5.63. The number of nitrogens with one attached hydrogen (secondary N) is 2. The molecule has 0 radical (unpaired) electrons. The maximum atomic E-state index is 13.6. The third kappa shape index (κ3) is 5.17. The van der Waals surface area contributed by atoms with E-state index < -0.39 is 11.5 Å². The molecule has 0 atom stereocenters. The predicted octanol–water partition coefficient (Wildman–Crippen LogP) is 3.51. The summed E-state index contributed by atoms with van der Waals surface area (Å²) in [5.74, 6) is -1.24. The van der Waals surface area contributed by atoms with Crippen LogP contribution in [0.1, 0.15) is 49.9 Å². The molecule has 3 N–H and O–H groups in total. The molecule has 1 saturated heterocycles. The predicted molar refractivity (Wildman–Crippen MR) is 146 cm³/mol. The van der Waals surface area contributed by atoms with Gasteiger partial charge in [-0.2, -0.15) is 0 Å². The van der Waals surface area contributed by atoms with Crippen LogP contribution in [0.3, 0.4) is 0 Å². The number of aromatic hydroxyl groups is 1. The Kier molecular flexibility index (Phi) is 7.49. The fraction of sp³-hybridized carbons (Fsp3) is 0.483. The largest absolute Gasteiger partial charge is 0.506 e. The van der Waals surface area contributed by atoms with Crippen LogP contribution in [0, 0.1) is 11.2 Å². The first-order valence-electron chi connectivity index (χ1n) is 13.7. The lowest BCUT2D eigenvalue weighted by molar-refractivity contribution is 0.0872. The monoisotopic (exact) mass is 521 g/mol. The number of hydrogen-bond donors (Lipinski definition) is 3. The lowest BCUT2D eigenvalue weighted by Crippen LogP contribution is -2.47. The number of rotatable bonds is 6. The lowest BCUT2D eigenvalue weighted by Gasteiger charge is -2.36. The minimum atomic E-state index is -0.539. The van der Waals surface area contributed by atoms with E-state index in [0.29, 0.717) is 35.1 Å². The Morgan fingerprint density at radius 2 is 1.82 bits per heavy atom. The molecule has 0 bridgehead atoms. The fourth-order valence-electron chi connectivity index (χ4n) is 5.63. The van der Waals surface area contributed by atoms with Gasteiger partial charge in [-0.3, -0.25) is 19.1 Å². The molecular weight excluding hydrogens is 485 g/mol. The van der Waals surface area contributed by atoms with Crippen LogP contribution in [0.4, 0.5) is 4.39 Å². The van der Waals surface area contributed by atoms with E-state index >= 15 is 0 Å². The average molecular weight is 522 g/mol. The number of benzene rings is 1. The third-order valence-corrected chi connectivity index (χ3v) is 7.98. The molecule has 0 unspecified atom stereocenters. The van der Waals surface area contributed by atoms with Crippen molar-refractivity contribution >= 4 is 16.9 Å². The zero-order valence-corrected chi connectivity index (χ0v) is 22.1. The van der Waals surface area contributed by atoms with E-state index in [1.54, 1.807) is 24.4 Å². The molecule has 9 heteroatoms. The number of halogens is 1. The van der Waals surface area contributed by atoms with Crippen molar-refractivity contribution < 1.29 is 14.3 Å². The van der Waals surface area contributed by atoms with Gasteiger partial charge >= 0.3 is 0 Å². The molecule has 2 aliphatic carbocycles. The molecule has 3 aromatic rings.